The van der Waals surface area contributed by atoms with Crippen molar-refractivity contribution in [1.82, 2.24) is 0 Å². The Morgan fingerprint density at radius 2 is 1.67 bits per heavy atom. The highest BCUT2D eigenvalue weighted by molar-refractivity contribution is 5.61. The topological polar surface area (TPSA) is 21.6 Å². The van der Waals surface area contributed by atoms with Crippen molar-refractivity contribution in [1.29, 1.82) is 0 Å². The highest BCUT2D eigenvalue weighted by Crippen LogP contribution is 2.11. The van der Waals surface area contributed by atoms with Gasteiger partial charge in [-0.05, 0) is 23.3 Å². The van der Waals surface area contributed by atoms with E-state index in [1.54, 1.807) is 7.11 Å². The zero-order valence-electron chi connectivity index (χ0n) is 10.5. The third-order valence-electron chi connectivity index (χ3n) is 2.73. The van der Waals surface area contributed by atoms with Gasteiger partial charge in [-0.2, -0.15) is 0 Å². The second-order valence-corrected chi connectivity index (χ2v) is 4.06. The largest absolute Gasteiger partial charge is 0.497 e. The molecule has 0 spiro atoms. The molecule has 0 aliphatic heterocycles. The number of ether oxygens (including phenoxy) is 1. The molecule has 18 heavy (non-hydrogen) atoms. The summed E-state index contributed by atoms with van der Waals surface area (Å²) in [4.78, 5) is 4.42. The van der Waals surface area contributed by atoms with Gasteiger partial charge in [-0.25, -0.2) is 0 Å². The van der Waals surface area contributed by atoms with Crippen LogP contribution in [0.1, 0.15) is 11.1 Å². The number of hydrogen-bond donors (Lipinski definition) is 0. The lowest BCUT2D eigenvalue weighted by Crippen LogP contribution is -1.88. The summed E-state index contributed by atoms with van der Waals surface area (Å²) in [5.74, 6) is 0.889. The average Bonchev–Trinajstić information content (AvgIpc) is 2.45. The van der Waals surface area contributed by atoms with Crippen LogP contribution in [0.3, 0.4) is 0 Å². The Morgan fingerprint density at radius 3 is 2.33 bits per heavy atom. The summed E-state index contributed by atoms with van der Waals surface area (Å²) in [6.07, 6.45) is 2.83. The molecule has 0 saturated carbocycles. The maximum atomic E-state index is 5.12. The molecule has 0 aliphatic carbocycles. The smallest absolute Gasteiger partial charge is 0.118 e. The molecule has 92 valence electrons. The van der Waals surface area contributed by atoms with E-state index in [4.69, 9.17) is 4.74 Å². The molecule has 2 nitrogen and oxygen atoms in total. The predicted molar refractivity (Wildman–Crippen MR) is 75.3 cm³/mol. The van der Waals surface area contributed by atoms with Crippen LogP contribution in [0.25, 0.3) is 0 Å². The molecule has 0 bridgehead atoms. The molecule has 0 atom stereocenters. The molecule has 0 heterocycles. The van der Waals surface area contributed by atoms with Crippen molar-refractivity contribution in [3.8, 4) is 5.75 Å². The van der Waals surface area contributed by atoms with Crippen molar-refractivity contribution < 1.29 is 4.74 Å². The highest BCUT2D eigenvalue weighted by Gasteiger charge is 1.92. The number of rotatable bonds is 5. The Bertz CT molecular complexity index is 488. The van der Waals surface area contributed by atoms with Gasteiger partial charge in [0.2, 0.25) is 0 Å². The Morgan fingerprint density at radius 1 is 0.944 bits per heavy atom. The van der Waals surface area contributed by atoms with E-state index in [2.05, 4.69) is 29.3 Å². The van der Waals surface area contributed by atoms with Crippen LogP contribution in [0, 0.1) is 0 Å². The van der Waals surface area contributed by atoms with Gasteiger partial charge in [0.05, 0.1) is 13.7 Å². The van der Waals surface area contributed by atoms with E-state index < -0.39 is 0 Å². The minimum absolute atomic E-state index is 0.747. The third-order valence-corrected chi connectivity index (χ3v) is 2.73. The van der Waals surface area contributed by atoms with E-state index in [1.165, 1.54) is 11.1 Å². The fourth-order valence-electron chi connectivity index (χ4n) is 1.68. The lowest BCUT2D eigenvalue weighted by Gasteiger charge is -2.00. The molecular formula is C16H17NO. The fraction of sp³-hybridized carbons (Fsp3) is 0.188. The maximum Gasteiger partial charge on any atom is 0.118 e. The van der Waals surface area contributed by atoms with Crippen LogP contribution < -0.4 is 4.74 Å². The van der Waals surface area contributed by atoms with Crippen LogP contribution in [0.2, 0.25) is 0 Å². The molecule has 0 amide bonds. The van der Waals surface area contributed by atoms with E-state index in [0.29, 0.717) is 0 Å². The Balaban J connectivity index is 1.83. The Hall–Kier alpha value is -2.09. The Kier molecular flexibility index (Phi) is 4.53. The van der Waals surface area contributed by atoms with Crippen LogP contribution in [0.5, 0.6) is 5.75 Å². The van der Waals surface area contributed by atoms with Crippen LogP contribution in [-0.2, 0) is 13.0 Å². The van der Waals surface area contributed by atoms with E-state index in [9.17, 15) is 0 Å². The van der Waals surface area contributed by atoms with Crippen molar-refractivity contribution in [2.75, 3.05) is 7.11 Å². The summed E-state index contributed by atoms with van der Waals surface area (Å²) in [7, 11) is 1.68. The van der Waals surface area contributed by atoms with Crippen molar-refractivity contribution in [3.63, 3.8) is 0 Å². The summed E-state index contributed by atoms with van der Waals surface area (Å²) in [5.41, 5.74) is 2.48. The van der Waals surface area contributed by atoms with Crippen LogP contribution in [0.15, 0.2) is 59.6 Å². The van der Waals surface area contributed by atoms with Gasteiger partial charge >= 0.3 is 0 Å². The molecule has 2 heteroatoms. The first-order chi connectivity index (χ1) is 8.88. The van der Waals surface area contributed by atoms with Crippen molar-refractivity contribution in [2.24, 2.45) is 4.99 Å². The zero-order chi connectivity index (χ0) is 12.6. The summed E-state index contributed by atoms with van der Waals surface area (Å²) in [6.45, 7) is 0.747. The molecule has 2 aromatic carbocycles. The number of nitrogens with zero attached hydrogens (tertiary/aromatic N) is 1. The molecule has 0 aliphatic rings. The number of aliphatic imine (C=N–C) groups is 1. The number of hydrogen-bond acceptors (Lipinski definition) is 2. The van der Waals surface area contributed by atoms with Crippen LogP contribution >= 0.6 is 0 Å². The molecule has 2 aromatic rings. The molecule has 0 radical (unpaired) electrons. The SMILES string of the molecule is COc1ccc(CC=NCc2ccccc2)cc1. The molecule has 0 unspecified atom stereocenters. The fourth-order valence-corrected chi connectivity index (χ4v) is 1.68. The van der Waals surface area contributed by atoms with Crippen molar-refractivity contribution in [3.05, 3.63) is 65.7 Å². The van der Waals surface area contributed by atoms with Gasteiger partial charge in [0.1, 0.15) is 5.75 Å². The van der Waals surface area contributed by atoms with Crippen molar-refractivity contribution >= 4 is 6.21 Å². The number of methoxy groups -OCH3 is 1. The lowest BCUT2D eigenvalue weighted by molar-refractivity contribution is 0.414. The monoisotopic (exact) mass is 239 g/mol. The quantitative estimate of drug-likeness (QED) is 0.732. The summed E-state index contributed by atoms with van der Waals surface area (Å²) >= 11 is 0. The highest BCUT2D eigenvalue weighted by atomic mass is 16.5. The molecule has 0 saturated heterocycles. The van der Waals surface area contributed by atoms with Crippen LogP contribution in [0.4, 0.5) is 0 Å². The minimum atomic E-state index is 0.747. The molecular weight excluding hydrogens is 222 g/mol. The molecule has 0 fully saturated rings. The zero-order valence-corrected chi connectivity index (χ0v) is 10.5. The van der Waals surface area contributed by atoms with E-state index in [1.807, 2.05) is 36.5 Å². The lowest BCUT2D eigenvalue weighted by atomic mass is 10.1. The summed E-state index contributed by atoms with van der Waals surface area (Å²) in [6, 6.07) is 18.3. The first kappa shape index (κ1) is 12.4. The second kappa shape index (κ2) is 6.60. The standard InChI is InChI=1S/C16H17NO/c1-18-16-9-7-14(8-10-16)11-12-17-13-15-5-3-2-4-6-15/h2-10,12H,11,13H2,1H3. The third kappa shape index (κ3) is 3.74. The second-order valence-electron chi connectivity index (χ2n) is 4.06. The van der Waals surface area contributed by atoms with Gasteiger partial charge in [-0.3, -0.25) is 4.99 Å². The van der Waals surface area contributed by atoms with Crippen molar-refractivity contribution in [2.45, 2.75) is 13.0 Å². The maximum absolute atomic E-state index is 5.12. The van der Waals surface area contributed by atoms with E-state index >= 15 is 0 Å². The van der Waals surface area contributed by atoms with Gasteiger partial charge < -0.3 is 4.74 Å². The van der Waals surface area contributed by atoms with Gasteiger partial charge in [0.25, 0.3) is 0 Å². The summed E-state index contributed by atoms with van der Waals surface area (Å²) in [5, 5.41) is 0. The van der Waals surface area contributed by atoms with Gasteiger partial charge in [0.15, 0.2) is 0 Å². The average molecular weight is 239 g/mol. The summed E-state index contributed by atoms with van der Waals surface area (Å²) < 4.78 is 5.12. The van der Waals surface area contributed by atoms with E-state index in [-0.39, 0.29) is 0 Å². The predicted octanol–water partition coefficient (Wildman–Crippen LogP) is 3.51. The van der Waals surface area contributed by atoms with Gasteiger partial charge in [0, 0.05) is 12.6 Å². The van der Waals surface area contributed by atoms with Gasteiger partial charge in [-0.1, -0.05) is 42.5 Å². The van der Waals surface area contributed by atoms with Gasteiger partial charge in [-0.15, -0.1) is 0 Å². The minimum Gasteiger partial charge on any atom is -0.497 e. The van der Waals surface area contributed by atoms with Crippen LogP contribution in [-0.4, -0.2) is 13.3 Å². The molecule has 0 aromatic heterocycles. The van der Waals surface area contributed by atoms with E-state index in [0.717, 1.165) is 18.7 Å². The first-order valence-corrected chi connectivity index (χ1v) is 6.03. The molecule has 0 N–H and O–H groups in total. The molecule has 2 rings (SSSR count). The Labute approximate surface area is 108 Å². The normalized spacial score (nSPS) is 10.7. The first-order valence-electron chi connectivity index (χ1n) is 6.03. The number of benzene rings is 2.